The highest BCUT2D eigenvalue weighted by molar-refractivity contribution is 6.42. The second-order valence-corrected chi connectivity index (χ2v) is 8.13. The number of halogens is 2. The van der Waals surface area contributed by atoms with E-state index in [1.54, 1.807) is 54.6 Å². The zero-order chi connectivity index (χ0) is 24.9. The molecular weight excluding hydrogens is 495 g/mol. The molecule has 4 rings (SSSR count). The van der Waals surface area contributed by atoms with Crippen LogP contribution >= 0.6 is 23.2 Å². The van der Waals surface area contributed by atoms with Crippen LogP contribution in [0.3, 0.4) is 0 Å². The fourth-order valence-corrected chi connectivity index (χ4v) is 3.54. The van der Waals surface area contributed by atoms with Crippen molar-refractivity contribution in [1.82, 2.24) is 0 Å². The first-order valence-electron chi connectivity index (χ1n) is 10.4. The average Bonchev–Trinajstić information content (AvgIpc) is 3.20. The summed E-state index contributed by atoms with van der Waals surface area (Å²) in [6.07, 6.45) is 1.57. The Bertz CT molecular complexity index is 1370. The van der Waals surface area contributed by atoms with Gasteiger partial charge in [0.1, 0.15) is 6.61 Å². The lowest BCUT2D eigenvalue weighted by molar-refractivity contribution is -0.384. The van der Waals surface area contributed by atoms with Crippen LogP contribution in [-0.2, 0) is 16.1 Å². The molecule has 10 heteroatoms. The van der Waals surface area contributed by atoms with Crippen molar-refractivity contribution in [2.45, 2.75) is 13.5 Å². The van der Waals surface area contributed by atoms with Crippen molar-refractivity contribution < 1.29 is 23.9 Å². The quantitative estimate of drug-likeness (QED) is 0.153. The van der Waals surface area contributed by atoms with E-state index in [2.05, 4.69) is 4.99 Å². The lowest BCUT2D eigenvalue weighted by Crippen LogP contribution is -2.05. The highest BCUT2D eigenvalue weighted by atomic mass is 35.5. The topological polar surface area (TPSA) is 100 Å². The van der Waals surface area contributed by atoms with Gasteiger partial charge in [0, 0.05) is 17.7 Å². The van der Waals surface area contributed by atoms with Gasteiger partial charge >= 0.3 is 5.97 Å². The molecule has 0 atom stereocenters. The number of carbonyl (C=O) groups excluding carboxylic acids is 1. The summed E-state index contributed by atoms with van der Waals surface area (Å²) in [5, 5.41) is 11.7. The first-order valence-corrected chi connectivity index (χ1v) is 11.2. The van der Waals surface area contributed by atoms with Gasteiger partial charge in [0.2, 0.25) is 5.90 Å². The molecule has 3 aromatic carbocycles. The van der Waals surface area contributed by atoms with E-state index in [0.717, 1.165) is 0 Å². The van der Waals surface area contributed by atoms with Crippen molar-refractivity contribution in [1.29, 1.82) is 0 Å². The number of nitro benzene ring substituents is 1. The second kappa shape index (κ2) is 10.6. The highest BCUT2D eigenvalue weighted by Crippen LogP contribution is 2.31. The van der Waals surface area contributed by atoms with E-state index in [1.807, 2.05) is 6.92 Å². The van der Waals surface area contributed by atoms with Gasteiger partial charge in [-0.2, -0.15) is 0 Å². The van der Waals surface area contributed by atoms with Crippen LogP contribution in [0.25, 0.3) is 6.08 Å². The van der Waals surface area contributed by atoms with E-state index in [9.17, 15) is 14.9 Å². The fourth-order valence-electron chi connectivity index (χ4n) is 3.24. The molecule has 0 fully saturated rings. The van der Waals surface area contributed by atoms with Gasteiger partial charge in [-0.15, -0.1) is 0 Å². The third-order valence-corrected chi connectivity index (χ3v) is 5.61. The van der Waals surface area contributed by atoms with Crippen molar-refractivity contribution in [3.05, 3.63) is 103 Å². The highest BCUT2D eigenvalue weighted by Gasteiger charge is 2.24. The standard InChI is InChI=1S/C25H18Cl2N2O6/c1-2-33-23-12-15(6-9-22(23)34-14-16-4-3-5-18(10-16)29(31)32)11-21-25(30)35-24(28-21)17-7-8-19(26)20(27)13-17/h3-13H,2,14H2,1H3/b21-11-. The summed E-state index contributed by atoms with van der Waals surface area (Å²) in [5.41, 5.74) is 1.91. The van der Waals surface area contributed by atoms with Crippen molar-refractivity contribution >= 4 is 46.8 Å². The molecule has 0 bridgehead atoms. The maximum Gasteiger partial charge on any atom is 0.363 e. The maximum absolute atomic E-state index is 12.4. The van der Waals surface area contributed by atoms with Crippen LogP contribution in [0.15, 0.2) is 71.4 Å². The van der Waals surface area contributed by atoms with Crippen LogP contribution in [0.1, 0.15) is 23.6 Å². The van der Waals surface area contributed by atoms with Crippen LogP contribution in [0.2, 0.25) is 10.0 Å². The Morgan fingerprint density at radius 2 is 1.86 bits per heavy atom. The molecule has 0 saturated carbocycles. The first-order chi connectivity index (χ1) is 16.8. The Morgan fingerprint density at radius 3 is 2.60 bits per heavy atom. The number of ether oxygens (including phenoxy) is 3. The van der Waals surface area contributed by atoms with Gasteiger partial charge in [0.15, 0.2) is 17.2 Å². The molecule has 3 aromatic rings. The van der Waals surface area contributed by atoms with Crippen LogP contribution < -0.4 is 9.47 Å². The number of esters is 1. The summed E-state index contributed by atoms with van der Waals surface area (Å²) in [5.74, 6) is 0.429. The largest absolute Gasteiger partial charge is 0.490 e. The van der Waals surface area contributed by atoms with Crippen molar-refractivity contribution in [2.24, 2.45) is 4.99 Å². The number of nitrogens with zero attached hydrogens (tertiary/aromatic N) is 2. The third-order valence-electron chi connectivity index (χ3n) is 4.87. The number of benzene rings is 3. The Morgan fingerprint density at radius 1 is 1.03 bits per heavy atom. The minimum Gasteiger partial charge on any atom is -0.490 e. The molecule has 35 heavy (non-hydrogen) atoms. The molecule has 1 heterocycles. The number of cyclic esters (lactones) is 1. The summed E-state index contributed by atoms with van der Waals surface area (Å²) in [6.45, 7) is 2.33. The molecule has 0 saturated heterocycles. The maximum atomic E-state index is 12.4. The molecule has 0 unspecified atom stereocenters. The van der Waals surface area contributed by atoms with Crippen LogP contribution in [0.4, 0.5) is 5.69 Å². The summed E-state index contributed by atoms with van der Waals surface area (Å²) < 4.78 is 16.8. The van der Waals surface area contributed by atoms with E-state index in [-0.39, 0.29) is 23.9 Å². The molecule has 1 aliphatic rings. The van der Waals surface area contributed by atoms with Gasteiger partial charge in [-0.05, 0) is 54.5 Å². The Hall–Kier alpha value is -3.88. The van der Waals surface area contributed by atoms with E-state index in [0.29, 0.717) is 44.8 Å². The number of hydrogen-bond donors (Lipinski definition) is 0. The monoisotopic (exact) mass is 512 g/mol. The third kappa shape index (κ3) is 5.79. The Balaban J connectivity index is 1.55. The summed E-state index contributed by atoms with van der Waals surface area (Å²) in [6, 6.07) is 16.2. The van der Waals surface area contributed by atoms with E-state index in [1.165, 1.54) is 12.1 Å². The molecule has 178 valence electrons. The molecule has 1 aliphatic heterocycles. The van der Waals surface area contributed by atoms with Crippen molar-refractivity contribution in [3.63, 3.8) is 0 Å². The van der Waals surface area contributed by atoms with E-state index < -0.39 is 10.9 Å². The Kier molecular flexibility index (Phi) is 7.33. The minimum atomic E-state index is -0.602. The average molecular weight is 513 g/mol. The van der Waals surface area contributed by atoms with Gasteiger partial charge in [-0.1, -0.05) is 41.4 Å². The molecule has 0 spiro atoms. The summed E-state index contributed by atoms with van der Waals surface area (Å²) in [7, 11) is 0. The second-order valence-electron chi connectivity index (χ2n) is 7.32. The predicted octanol–water partition coefficient (Wildman–Crippen LogP) is 6.22. The van der Waals surface area contributed by atoms with Crippen LogP contribution in [0.5, 0.6) is 11.5 Å². The van der Waals surface area contributed by atoms with Gasteiger partial charge in [0.25, 0.3) is 5.69 Å². The van der Waals surface area contributed by atoms with E-state index in [4.69, 9.17) is 37.4 Å². The number of non-ortho nitro benzene ring substituents is 1. The number of hydrogen-bond acceptors (Lipinski definition) is 7. The predicted molar refractivity (Wildman–Crippen MR) is 132 cm³/mol. The van der Waals surface area contributed by atoms with Gasteiger partial charge in [-0.3, -0.25) is 10.1 Å². The van der Waals surface area contributed by atoms with Crippen LogP contribution in [-0.4, -0.2) is 23.4 Å². The van der Waals surface area contributed by atoms with E-state index >= 15 is 0 Å². The molecule has 0 aromatic heterocycles. The zero-order valence-electron chi connectivity index (χ0n) is 18.4. The molecule has 0 aliphatic carbocycles. The number of aliphatic imine (C=N–C) groups is 1. The SMILES string of the molecule is CCOc1cc(/C=C2\N=C(c3ccc(Cl)c(Cl)c3)OC2=O)ccc1OCc1cccc([N+](=O)[O-])c1. The van der Waals surface area contributed by atoms with Crippen molar-refractivity contribution in [2.75, 3.05) is 6.61 Å². The molecule has 0 amide bonds. The summed E-state index contributed by atoms with van der Waals surface area (Å²) in [4.78, 5) is 27.2. The molecule has 8 nitrogen and oxygen atoms in total. The number of rotatable bonds is 8. The fraction of sp³-hybridized carbons (Fsp3) is 0.120. The number of carbonyl (C=O) groups is 1. The Labute approximate surface area is 210 Å². The molecule has 0 N–H and O–H groups in total. The number of nitro groups is 1. The minimum absolute atomic E-state index is 0.0117. The zero-order valence-corrected chi connectivity index (χ0v) is 19.9. The summed E-state index contributed by atoms with van der Waals surface area (Å²) >= 11 is 12.0. The lowest BCUT2D eigenvalue weighted by Gasteiger charge is -2.13. The lowest BCUT2D eigenvalue weighted by atomic mass is 10.1. The van der Waals surface area contributed by atoms with Gasteiger partial charge in [0.05, 0.1) is 21.6 Å². The van der Waals surface area contributed by atoms with Gasteiger partial charge in [-0.25, -0.2) is 9.79 Å². The molecule has 0 radical (unpaired) electrons. The molecular formula is C25H18Cl2N2O6. The normalized spacial score (nSPS) is 14.0. The van der Waals surface area contributed by atoms with Crippen molar-refractivity contribution in [3.8, 4) is 11.5 Å². The smallest absolute Gasteiger partial charge is 0.363 e. The first kappa shape index (κ1) is 24.3. The van der Waals surface area contributed by atoms with Gasteiger partial charge < -0.3 is 14.2 Å². The van der Waals surface area contributed by atoms with Crippen LogP contribution in [0, 0.1) is 10.1 Å².